The van der Waals surface area contributed by atoms with Crippen LogP contribution in [0.3, 0.4) is 0 Å². The van der Waals surface area contributed by atoms with E-state index >= 15 is 0 Å². The number of benzene rings is 1. The van der Waals surface area contributed by atoms with Crippen LogP contribution in [0, 0.1) is 0 Å². The first-order chi connectivity index (χ1) is 15.5. The zero-order chi connectivity index (χ0) is 22.2. The number of pyridine rings is 1. The summed E-state index contributed by atoms with van der Waals surface area (Å²) in [6, 6.07) is 8.21. The number of nitrogens with two attached hydrogens (primary N) is 1. The lowest BCUT2D eigenvalue weighted by atomic mass is 10.1. The average Bonchev–Trinajstić information content (AvgIpc) is 3.54. The molecule has 1 aliphatic heterocycles. The van der Waals surface area contributed by atoms with Gasteiger partial charge >= 0.3 is 0 Å². The van der Waals surface area contributed by atoms with E-state index in [9.17, 15) is 4.79 Å². The number of imidazole rings is 1. The molecule has 1 amide bonds. The molecule has 4 aromatic rings. The Labute approximate surface area is 185 Å². The molecule has 4 N–H and O–H groups in total. The lowest BCUT2D eigenvalue weighted by Crippen LogP contribution is -2.35. The number of nitrogens with zero attached hydrogens (tertiary/aromatic N) is 4. The van der Waals surface area contributed by atoms with Crippen LogP contribution in [0.4, 0.5) is 5.82 Å². The second-order valence-electron chi connectivity index (χ2n) is 8.43. The maximum Gasteiger partial charge on any atom is 0.249 e. The van der Waals surface area contributed by atoms with Gasteiger partial charge in [0.15, 0.2) is 5.82 Å². The Morgan fingerprint density at radius 2 is 2.22 bits per heavy atom. The Bertz CT molecular complexity index is 1270. The van der Waals surface area contributed by atoms with Crippen molar-refractivity contribution in [1.29, 1.82) is 0 Å². The number of fused-ring (bicyclic) bond motifs is 3. The molecule has 0 radical (unpaired) electrons. The zero-order valence-electron chi connectivity index (χ0n) is 18.3. The molecule has 9 heteroatoms. The monoisotopic (exact) mass is 433 g/mol. The van der Waals surface area contributed by atoms with E-state index in [1.54, 1.807) is 6.20 Å². The van der Waals surface area contributed by atoms with Crippen molar-refractivity contribution < 1.29 is 9.53 Å². The minimum Gasteiger partial charge on any atom is -0.382 e. The van der Waals surface area contributed by atoms with E-state index in [1.165, 1.54) is 0 Å². The van der Waals surface area contributed by atoms with Gasteiger partial charge in [-0.15, -0.1) is 0 Å². The number of amides is 1. The highest BCUT2D eigenvalue weighted by molar-refractivity contribution is 6.07. The molecule has 9 nitrogen and oxygen atoms in total. The molecule has 166 valence electrons. The molecular formula is C23H27N7O2. The average molecular weight is 434 g/mol. The molecule has 5 rings (SSSR count). The first-order valence-corrected chi connectivity index (χ1v) is 11.0. The number of aromatic amines is 1. The van der Waals surface area contributed by atoms with Crippen LogP contribution in [0.5, 0.6) is 0 Å². The number of ether oxygens (including phenoxy) is 1. The SMILES string of the molecule is CC(C)n1c(CCNC(=O)C2CCCO2)nc2c(N)nc3cc(-c4ccn[nH]4)ccc3c21. The summed E-state index contributed by atoms with van der Waals surface area (Å²) in [5.74, 6) is 1.23. The molecule has 0 saturated carbocycles. The molecule has 1 fully saturated rings. The lowest BCUT2D eigenvalue weighted by molar-refractivity contribution is -0.130. The van der Waals surface area contributed by atoms with E-state index in [-0.39, 0.29) is 18.1 Å². The minimum absolute atomic E-state index is 0.0484. The van der Waals surface area contributed by atoms with Gasteiger partial charge in [-0.1, -0.05) is 6.07 Å². The van der Waals surface area contributed by atoms with Crippen LogP contribution in [-0.2, 0) is 16.0 Å². The molecule has 3 aromatic heterocycles. The summed E-state index contributed by atoms with van der Waals surface area (Å²) in [5.41, 5.74) is 10.7. The maximum absolute atomic E-state index is 12.3. The van der Waals surface area contributed by atoms with Gasteiger partial charge in [-0.05, 0) is 44.9 Å². The standard InChI is InChI=1S/C23H27N7O2/c1-13(2)30-19(8-9-25-23(31)18-4-3-11-32-18)28-20-21(30)15-6-5-14(16-7-10-26-29-16)12-17(15)27-22(20)24/h5-7,10,12-13,18H,3-4,8-9,11H2,1-2H3,(H2,24,27)(H,25,31)(H,26,29). The molecule has 1 unspecified atom stereocenters. The highest BCUT2D eigenvalue weighted by Gasteiger charge is 2.24. The number of H-pyrrole nitrogens is 1. The van der Waals surface area contributed by atoms with Crippen molar-refractivity contribution in [2.24, 2.45) is 0 Å². The van der Waals surface area contributed by atoms with Crippen molar-refractivity contribution in [3.05, 3.63) is 36.3 Å². The number of carbonyl (C=O) groups excluding carboxylic acids is 1. The van der Waals surface area contributed by atoms with Crippen molar-refractivity contribution in [3.63, 3.8) is 0 Å². The lowest BCUT2D eigenvalue weighted by Gasteiger charge is -2.15. The van der Waals surface area contributed by atoms with Gasteiger partial charge in [0.2, 0.25) is 5.91 Å². The van der Waals surface area contributed by atoms with Gasteiger partial charge in [0.05, 0.1) is 16.7 Å². The van der Waals surface area contributed by atoms with E-state index < -0.39 is 0 Å². The molecule has 0 aliphatic carbocycles. The van der Waals surface area contributed by atoms with Gasteiger partial charge in [0, 0.05) is 42.8 Å². The number of carbonyl (C=O) groups is 1. The number of hydrogen-bond donors (Lipinski definition) is 3. The van der Waals surface area contributed by atoms with Crippen LogP contribution in [0.1, 0.15) is 38.6 Å². The molecule has 0 bridgehead atoms. The fraction of sp³-hybridized carbons (Fsp3) is 0.391. The predicted octanol–water partition coefficient (Wildman–Crippen LogP) is 2.98. The van der Waals surface area contributed by atoms with E-state index in [0.717, 1.165) is 46.3 Å². The predicted molar refractivity (Wildman–Crippen MR) is 123 cm³/mol. The quantitative estimate of drug-likeness (QED) is 0.429. The second-order valence-corrected chi connectivity index (χ2v) is 8.43. The molecule has 1 saturated heterocycles. The number of hydrogen-bond acceptors (Lipinski definition) is 6. The zero-order valence-corrected chi connectivity index (χ0v) is 18.3. The molecule has 1 aromatic carbocycles. The van der Waals surface area contributed by atoms with Crippen molar-refractivity contribution in [3.8, 4) is 11.3 Å². The number of nitrogen functional groups attached to an aromatic ring is 1. The first-order valence-electron chi connectivity index (χ1n) is 11.0. The van der Waals surface area contributed by atoms with E-state index in [4.69, 9.17) is 15.5 Å². The number of nitrogens with one attached hydrogen (secondary N) is 2. The van der Waals surface area contributed by atoms with Crippen LogP contribution < -0.4 is 11.1 Å². The van der Waals surface area contributed by atoms with Gasteiger partial charge in [-0.3, -0.25) is 9.89 Å². The number of aromatic nitrogens is 5. The Morgan fingerprint density at radius 1 is 1.34 bits per heavy atom. The second kappa shape index (κ2) is 8.23. The van der Waals surface area contributed by atoms with Crippen LogP contribution in [-0.4, -0.2) is 49.9 Å². The van der Waals surface area contributed by atoms with Gasteiger partial charge in [0.25, 0.3) is 0 Å². The highest BCUT2D eigenvalue weighted by atomic mass is 16.5. The number of anilines is 1. The van der Waals surface area contributed by atoms with E-state index in [2.05, 4.69) is 45.0 Å². The van der Waals surface area contributed by atoms with Gasteiger partial charge in [0.1, 0.15) is 17.4 Å². The Hall–Kier alpha value is -3.46. The van der Waals surface area contributed by atoms with Crippen LogP contribution >= 0.6 is 0 Å². The van der Waals surface area contributed by atoms with Gasteiger partial charge in [-0.2, -0.15) is 5.10 Å². The molecule has 32 heavy (non-hydrogen) atoms. The summed E-state index contributed by atoms with van der Waals surface area (Å²) >= 11 is 0. The molecular weight excluding hydrogens is 406 g/mol. The Morgan fingerprint density at radius 3 is 2.94 bits per heavy atom. The van der Waals surface area contributed by atoms with E-state index in [1.807, 2.05) is 18.2 Å². The normalized spacial score (nSPS) is 16.4. The summed E-state index contributed by atoms with van der Waals surface area (Å²) in [4.78, 5) is 21.7. The van der Waals surface area contributed by atoms with E-state index in [0.29, 0.717) is 30.9 Å². The van der Waals surface area contributed by atoms with Crippen molar-refractivity contribution >= 4 is 33.7 Å². The van der Waals surface area contributed by atoms with Gasteiger partial charge < -0.3 is 20.4 Å². The summed E-state index contributed by atoms with van der Waals surface area (Å²) in [7, 11) is 0. The third-order valence-corrected chi connectivity index (χ3v) is 5.92. The van der Waals surface area contributed by atoms with Gasteiger partial charge in [-0.25, -0.2) is 9.97 Å². The fourth-order valence-corrected chi connectivity index (χ4v) is 4.43. The molecule has 0 spiro atoms. The van der Waals surface area contributed by atoms with Crippen LogP contribution in [0.2, 0.25) is 0 Å². The third-order valence-electron chi connectivity index (χ3n) is 5.92. The Balaban J connectivity index is 1.51. The molecule has 4 heterocycles. The van der Waals surface area contributed by atoms with Crippen molar-refractivity contribution in [2.75, 3.05) is 18.9 Å². The summed E-state index contributed by atoms with van der Waals surface area (Å²) < 4.78 is 7.66. The maximum atomic E-state index is 12.3. The molecule has 1 atom stereocenters. The smallest absolute Gasteiger partial charge is 0.249 e. The number of rotatable bonds is 6. The largest absolute Gasteiger partial charge is 0.382 e. The first kappa shape index (κ1) is 20.4. The van der Waals surface area contributed by atoms with Crippen LogP contribution in [0.25, 0.3) is 33.2 Å². The summed E-state index contributed by atoms with van der Waals surface area (Å²) in [6.07, 6.45) is 3.71. The van der Waals surface area contributed by atoms with Crippen molar-refractivity contribution in [2.45, 2.75) is 45.3 Å². The molecule has 1 aliphatic rings. The summed E-state index contributed by atoms with van der Waals surface area (Å²) in [6.45, 7) is 5.39. The third kappa shape index (κ3) is 3.58. The minimum atomic E-state index is -0.327. The van der Waals surface area contributed by atoms with Crippen LogP contribution in [0.15, 0.2) is 30.5 Å². The topological polar surface area (TPSA) is 124 Å². The Kier molecular flexibility index (Phi) is 5.26. The highest BCUT2D eigenvalue weighted by Crippen LogP contribution is 2.33. The summed E-state index contributed by atoms with van der Waals surface area (Å²) in [5, 5.41) is 11.0. The van der Waals surface area contributed by atoms with Crippen molar-refractivity contribution in [1.82, 2.24) is 30.0 Å². The fourth-order valence-electron chi connectivity index (χ4n) is 4.43.